The van der Waals surface area contributed by atoms with Gasteiger partial charge in [0.1, 0.15) is 6.54 Å². The van der Waals surface area contributed by atoms with Gasteiger partial charge in [-0.3, -0.25) is 14.2 Å². The summed E-state index contributed by atoms with van der Waals surface area (Å²) in [6.07, 6.45) is 0. The summed E-state index contributed by atoms with van der Waals surface area (Å²) in [7, 11) is 0. The van der Waals surface area contributed by atoms with Gasteiger partial charge in [0.15, 0.2) is 0 Å². The zero-order valence-corrected chi connectivity index (χ0v) is 16.5. The molecule has 3 rings (SSSR count). The van der Waals surface area contributed by atoms with E-state index in [-0.39, 0.29) is 17.3 Å². The van der Waals surface area contributed by atoms with Crippen LogP contribution in [-0.2, 0) is 11.3 Å². The standard InChI is InChI=1S/C20H20N2O2S2/c1-13-4-7-18(10-14(13)2)26-17-8-5-16(6-9-17)21-19(23)11-22-15(3)12-25-20(22)24/h4-10,12H,11H2,1-3H3,(H,21,23). The minimum Gasteiger partial charge on any atom is -0.325 e. The molecule has 3 aromatic rings. The lowest BCUT2D eigenvalue weighted by molar-refractivity contribution is -0.116. The molecule has 0 atom stereocenters. The van der Waals surface area contributed by atoms with Crippen LogP contribution in [0.3, 0.4) is 0 Å². The zero-order valence-electron chi connectivity index (χ0n) is 14.9. The van der Waals surface area contributed by atoms with E-state index in [9.17, 15) is 9.59 Å². The van der Waals surface area contributed by atoms with Crippen molar-refractivity contribution in [3.8, 4) is 0 Å². The topological polar surface area (TPSA) is 51.1 Å². The molecule has 26 heavy (non-hydrogen) atoms. The number of benzene rings is 2. The van der Waals surface area contributed by atoms with E-state index >= 15 is 0 Å². The molecule has 0 fully saturated rings. The SMILES string of the molecule is Cc1ccc(Sc2ccc(NC(=O)Cn3c(C)csc3=O)cc2)cc1C. The Kier molecular flexibility index (Phi) is 5.64. The second-order valence-corrected chi connectivity index (χ2v) is 8.12. The number of nitrogens with zero attached hydrogens (tertiary/aromatic N) is 1. The van der Waals surface area contributed by atoms with Crippen LogP contribution in [0.15, 0.2) is 62.4 Å². The third-order valence-electron chi connectivity index (χ3n) is 4.13. The highest BCUT2D eigenvalue weighted by molar-refractivity contribution is 7.99. The van der Waals surface area contributed by atoms with Crippen molar-refractivity contribution in [3.63, 3.8) is 0 Å². The summed E-state index contributed by atoms with van der Waals surface area (Å²) >= 11 is 2.80. The van der Waals surface area contributed by atoms with E-state index in [1.807, 2.05) is 31.2 Å². The van der Waals surface area contributed by atoms with Gasteiger partial charge < -0.3 is 5.32 Å². The van der Waals surface area contributed by atoms with E-state index in [2.05, 4.69) is 37.4 Å². The molecule has 0 saturated heterocycles. The molecule has 0 aliphatic rings. The highest BCUT2D eigenvalue weighted by atomic mass is 32.2. The highest BCUT2D eigenvalue weighted by Gasteiger charge is 2.09. The average molecular weight is 385 g/mol. The molecule has 0 aliphatic heterocycles. The Hall–Kier alpha value is -2.31. The number of aryl methyl sites for hydroxylation is 3. The summed E-state index contributed by atoms with van der Waals surface area (Å²) in [5, 5.41) is 4.60. The van der Waals surface area contributed by atoms with E-state index in [1.54, 1.807) is 17.1 Å². The number of amides is 1. The number of rotatable bonds is 5. The lowest BCUT2D eigenvalue weighted by atomic mass is 10.1. The first-order valence-corrected chi connectivity index (χ1v) is 9.92. The number of nitrogens with one attached hydrogen (secondary N) is 1. The lowest BCUT2D eigenvalue weighted by Crippen LogP contribution is -2.25. The van der Waals surface area contributed by atoms with Crippen molar-refractivity contribution < 1.29 is 4.79 Å². The van der Waals surface area contributed by atoms with Gasteiger partial charge in [0, 0.05) is 26.6 Å². The van der Waals surface area contributed by atoms with Crippen LogP contribution in [-0.4, -0.2) is 10.5 Å². The van der Waals surface area contributed by atoms with Crippen LogP contribution in [0.5, 0.6) is 0 Å². The summed E-state index contributed by atoms with van der Waals surface area (Å²) in [5.41, 5.74) is 4.08. The van der Waals surface area contributed by atoms with Crippen LogP contribution in [0.4, 0.5) is 5.69 Å². The van der Waals surface area contributed by atoms with Gasteiger partial charge in [0.2, 0.25) is 5.91 Å². The first-order chi connectivity index (χ1) is 12.4. The van der Waals surface area contributed by atoms with Gasteiger partial charge >= 0.3 is 4.87 Å². The Labute approximate surface area is 160 Å². The van der Waals surface area contributed by atoms with Crippen LogP contribution >= 0.6 is 23.1 Å². The average Bonchev–Trinajstić information content (AvgIpc) is 2.92. The predicted molar refractivity (Wildman–Crippen MR) is 108 cm³/mol. The Morgan fingerprint density at radius 2 is 1.73 bits per heavy atom. The highest BCUT2D eigenvalue weighted by Crippen LogP contribution is 2.29. The monoisotopic (exact) mass is 384 g/mol. The van der Waals surface area contributed by atoms with Gasteiger partial charge in [-0.1, -0.05) is 29.2 Å². The molecule has 1 heterocycles. The molecule has 4 nitrogen and oxygen atoms in total. The lowest BCUT2D eigenvalue weighted by Gasteiger charge is -2.08. The van der Waals surface area contributed by atoms with Crippen molar-refractivity contribution in [2.75, 3.05) is 5.32 Å². The Morgan fingerprint density at radius 3 is 2.35 bits per heavy atom. The van der Waals surface area contributed by atoms with Gasteiger partial charge in [0.05, 0.1) is 0 Å². The van der Waals surface area contributed by atoms with Crippen molar-refractivity contribution in [1.82, 2.24) is 4.57 Å². The number of hydrogen-bond acceptors (Lipinski definition) is 4. The fourth-order valence-electron chi connectivity index (χ4n) is 2.46. The number of carbonyl (C=O) groups excluding carboxylic acids is 1. The number of aromatic nitrogens is 1. The first-order valence-electron chi connectivity index (χ1n) is 8.22. The van der Waals surface area contributed by atoms with E-state index in [0.29, 0.717) is 0 Å². The fraction of sp³-hybridized carbons (Fsp3) is 0.200. The van der Waals surface area contributed by atoms with E-state index < -0.39 is 0 Å². The zero-order chi connectivity index (χ0) is 18.7. The van der Waals surface area contributed by atoms with Crippen LogP contribution in [0, 0.1) is 20.8 Å². The van der Waals surface area contributed by atoms with E-state index in [4.69, 9.17) is 0 Å². The van der Waals surface area contributed by atoms with Crippen LogP contribution in [0.2, 0.25) is 0 Å². The molecule has 0 unspecified atom stereocenters. The maximum atomic E-state index is 12.2. The Bertz CT molecular complexity index is 988. The molecule has 134 valence electrons. The molecule has 1 aromatic heterocycles. The molecular weight excluding hydrogens is 364 g/mol. The molecule has 0 radical (unpaired) electrons. The number of thiazole rings is 1. The predicted octanol–water partition coefficient (Wildman–Crippen LogP) is 4.62. The van der Waals surface area contributed by atoms with Gasteiger partial charge in [-0.2, -0.15) is 0 Å². The molecule has 0 spiro atoms. The third kappa shape index (κ3) is 4.45. The minimum absolute atomic E-state index is 0.0350. The van der Waals surface area contributed by atoms with Gasteiger partial charge in [-0.05, 0) is 68.3 Å². The summed E-state index contributed by atoms with van der Waals surface area (Å²) in [4.78, 5) is 26.0. The molecule has 0 saturated carbocycles. The number of hydrogen-bond donors (Lipinski definition) is 1. The van der Waals surface area contributed by atoms with Crippen molar-refractivity contribution in [2.24, 2.45) is 0 Å². The smallest absolute Gasteiger partial charge is 0.307 e. The van der Waals surface area contributed by atoms with Crippen LogP contribution < -0.4 is 10.2 Å². The Balaban J connectivity index is 1.63. The quantitative estimate of drug-likeness (QED) is 0.698. The van der Waals surface area contributed by atoms with E-state index in [0.717, 1.165) is 27.6 Å². The normalized spacial score (nSPS) is 10.7. The second kappa shape index (κ2) is 7.93. The molecule has 1 amide bonds. The molecule has 6 heteroatoms. The molecule has 2 aromatic carbocycles. The molecule has 0 aliphatic carbocycles. The van der Waals surface area contributed by atoms with Crippen LogP contribution in [0.25, 0.3) is 0 Å². The van der Waals surface area contributed by atoms with Crippen molar-refractivity contribution in [2.45, 2.75) is 37.1 Å². The van der Waals surface area contributed by atoms with Crippen molar-refractivity contribution in [3.05, 3.63) is 74.3 Å². The van der Waals surface area contributed by atoms with E-state index in [1.165, 1.54) is 20.6 Å². The summed E-state index contributed by atoms with van der Waals surface area (Å²) in [6, 6.07) is 14.1. The summed E-state index contributed by atoms with van der Waals surface area (Å²) in [5.74, 6) is -0.205. The Morgan fingerprint density at radius 1 is 1.04 bits per heavy atom. The summed E-state index contributed by atoms with van der Waals surface area (Å²) in [6.45, 7) is 6.07. The van der Waals surface area contributed by atoms with Gasteiger partial charge in [-0.25, -0.2) is 0 Å². The maximum Gasteiger partial charge on any atom is 0.307 e. The number of carbonyl (C=O) groups is 1. The van der Waals surface area contributed by atoms with Crippen LogP contribution in [0.1, 0.15) is 16.8 Å². The first kappa shape index (κ1) is 18.5. The van der Waals surface area contributed by atoms with Crippen molar-refractivity contribution >= 4 is 34.7 Å². The number of anilines is 1. The molecule has 0 bridgehead atoms. The van der Waals surface area contributed by atoms with Gasteiger partial charge in [-0.15, -0.1) is 0 Å². The maximum absolute atomic E-state index is 12.2. The minimum atomic E-state index is -0.205. The molecular formula is C20H20N2O2S2. The largest absolute Gasteiger partial charge is 0.325 e. The third-order valence-corrected chi connectivity index (χ3v) is 6.01. The summed E-state index contributed by atoms with van der Waals surface area (Å²) < 4.78 is 1.48. The van der Waals surface area contributed by atoms with Gasteiger partial charge in [0.25, 0.3) is 0 Å². The van der Waals surface area contributed by atoms with Crippen molar-refractivity contribution in [1.29, 1.82) is 0 Å². The molecule has 1 N–H and O–H groups in total. The fourth-order valence-corrected chi connectivity index (χ4v) is 4.11. The second-order valence-electron chi connectivity index (χ2n) is 6.15.